The van der Waals surface area contributed by atoms with Crippen LogP contribution in [0.4, 0.5) is 0 Å². The molecule has 1 unspecified atom stereocenters. The van der Waals surface area contributed by atoms with Crippen molar-refractivity contribution >= 4 is 22.9 Å². The standard InChI is InChI=1S/C15H19ClN2OS/c1-3-10-6-7-20-15(10)13(18-17)9-11-8-12(16)4-5-14(11)19-2/h4-8,13,18H,3,9,17H2,1-2H3. The van der Waals surface area contributed by atoms with Gasteiger partial charge in [0, 0.05) is 9.90 Å². The van der Waals surface area contributed by atoms with Crippen LogP contribution >= 0.6 is 22.9 Å². The number of nitrogens with one attached hydrogen (secondary N) is 1. The molecule has 5 heteroatoms. The third-order valence-corrected chi connectivity index (χ3v) is 4.65. The molecule has 108 valence electrons. The second-order valence-corrected chi connectivity index (χ2v) is 5.93. The highest BCUT2D eigenvalue weighted by molar-refractivity contribution is 7.10. The molecular formula is C15H19ClN2OS. The van der Waals surface area contributed by atoms with E-state index >= 15 is 0 Å². The van der Waals surface area contributed by atoms with E-state index in [1.54, 1.807) is 18.4 Å². The summed E-state index contributed by atoms with van der Waals surface area (Å²) in [6, 6.07) is 7.87. The van der Waals surface area contributed by atoms with Crippen LogP contribution in [-0.4, -0.2) is 7.11 Å². The van der Waals surface area contributed by atoms with Crippen molar-refractivity contribution in [3.8, 4) is 5.75 Å². The average molecular weight is 311 g/mol. The molecule has 0 spiro atoms. The quantitative estimate of drug-likeness (QED) is 0.631. The van der Waals surface area contributed by atoms with Gasteiger partial charge in [-0.25, -0.2) is 0 Å². The minimum absolute atomic E-state index is 0.0670. The molecule has 2 aromatic rings. The smallest absolute Gasteiger partial charge is 0.122 e. The number of thiophene rings is 1. The highest BCUT2D eigenvalue weighted by atomic mass is 35.5. The molecule has 1 heterocycles. The first-order chi connectivity index (χ1) is 9.69. The Balaban J connectivity index is 2.29. The number of benzene rings is 1. The second kappa shape index (κ2) is 7.09. The van der Waals surface area contributed by atoms with E-state index in [0.717, 1.165) is 24.2 Å². The Morgan fingerprint density at radius 3 is 2.80 bits per heavy atom. The van der Waals surface area contributed by atoms with Crippen molar-refractivity contribution < 1.29 is 4.74 Å². The molecule has 0 fully saturated rings. The Kier molecular flexibility index (Phi) is 5.43. The minimum atomic E-state index is 0.0670. The van der Waals surface area contributed by atoms with Crippen molar-refractivity contribution in [1.29, 1.82) is 0 Å². The Morgan fingerprint density at radius 2 is 2.15 bits per heavy atom. The highest BCUT2D eigenvalue weighted by Crippen LogP contribution is 2.31. The van der Waals surface area contributed by atoms with Crippen LogP contribution in [0.2, 0.25) is 5.02 Å². The molecule has 0 aliphatic heterocycles. The van der Waals surface area contributed by atoms with Crippen LogP contribution < -0.4 is 16.0 Å². The summed E-state index contributed by atoms with van der Waals surface area (Å²) in [5.74, 6) is 6.59. The lowest BCUT2D eigenvalue weighted by molar-refractivity contribution is 0.406. The number of ether oxygens (including phenoxy) is 1. The van der Waals surface area contributed by atoms with Gasteiger partial charge in [-0.1, -0.05) is 18.5 Å². The molecule has 1 aromatic carbocycles. The van der Waals surface area contributed by atoms with Crippen molar-refractivity contribution in [3.63, 3.8) is 0 Å². The van der Waals surface area contributed by atoms with Crippen LogP contribution in [0.1, 0.15) is 29.0 Å². The maximum Gasteiger partial charge on any atom is 0.122 e. The monoisotopic (exact) mass is 310 g/mol. The average Bonchev–Trinajstić information content (AvgIpc) is 2.93. The molecule has 1 aromatic heterocycles. The predicted molar refractivity (Wildman–Crippen MR) is 85.5 cm³/mol. The van der Waals surface area contributed by atoms with Gasteiger partial charge >= 0.3 is 0 Å². The fourth-order valence-corrected chi connectivity index (χ4v) is 3.55. The van der Waals surface area contributed by atoms with E-state index < -0.39 is 0 Å². The summed E-state index contributed by atoms with van der Waals surface area (Å²) in [5, 5.41) is 2.81. The van der Waals surface area contributed by atoms with Crippen LogP contribution in [0.5, 0.6) is 5.75 Å². The van der Waals surface area contributed by atoms with Gasteiger partial charge in [0.1, 0.15) is 5.75 Å². The molecule has 0 aliphatic carbocycles. The number of methoxy groups -OCH3 is 1. The maximum atomic E-state index is 6.08. The lowest BCUT2D eigenvalue weighted by Gasteiger charge is -2.18. The fraction of sp³-hybridized carbons (Fsp3) is 0.333. The first kappa shape index (κ1) is 15.3. The van der Waals surface area contributed by atoms with Crippen LogP contribution in [0.25, 0.3) is 0 Å². The normalized spacial score (nSPS) is 12.4. The van der Waals surface area contributed by atoms with Gasteiger partial charge in [-0.15, -0.1) is 11.3 Å². The summed E-state index contributed by atoms with van der Waals surface area (Å²) in [6.45, 7) is 2.15. The summed E-state index contributed by atoms with van der Waals surface area (Å²) in [7, 11) is 1.67. The molecular weight excluding hydrogens is 292 g/mol. The number of nitrogens with two attached hydrogens (primary N) is 1. The number of halogens is 1. The van der Waals surface area contributed by atoms with Crippen molar-refractivity contribution in [3.05, 3.63) is 50.7 Å². The Bertz CT molecular complexity index is 571. The van der Waals surface area contributed by atoms with E-state index in [4.69, 9.17) is 22.2 Å². The number of hydrazine groups is 1. The predicted octanol–water partition coefficient (Wildman–Crippen LogP) is 3.72. The van der Waals surface area contributed by atoms with Gasteiger partial charge < -0.3 is 4.74 Å². The molecule has 1 atom stereocenters. The van der Waals surface area contributed by atoms with Crippen molar-refractivity contribution in [1.82, 2.24) is 5.43 Å². The Labute approximate surface area is 128 Å². The number of aryl methyl sites for hydroxylation is 1. The molecule has 0 amide bonds. The van der Waals surface area contributed by atoms with E-state index in [1.807, 2.05) is 18.2 Å². The zero-order chi connectivity index (χ0) is 14.5. The first-order valence-electron chi connectivity index (χ1n) is 6.54. The number of hydrogen-bond acceptors (Lipinski definition) is 4. The van der Waals surface area contributed by atoms with Crippen molar-refractivity contribution in [2.45, 2.75) is 25.8 Å². The lowest BCUT2D eigenvalue weighted by Crippen LogP contribution is -2.29. The van der Waals surface area contributed by atoms with Crippen LogP contribution in [0, 0.1) is 0 Å². The second-order valence-electron chi connectivity index (χ2n) is 4.54. The molecule has 2 rings (SSSR count). The first-order valence-corrected chi connectivity index (χ1v) is 7.80. The van der Waals surface area contributed by atoms with Gasteiger partial charge in [-0.2, -0.15) is 0 Å². The third-order valence-electron chi connectivity index (χ3n) is 3.35. The molecule has 0 bridgehead atoms. The van der Waals surface area contributed by atoms with Gasteiger partial charge in [-0.05, 0) is 53.6 Å². The zero-order valence-corrected chi connectivity index (χ0v) is 13.2. The summed E-state index contributed by atoms with van der Waals surface area (Å²) >= 11 is 7.81. The maximum absolute atomic E-state index is 6.08. The van der Waals surface area contributed by atoms with Gasteiger partial charge in [0.05, 0.1) is 13.2 Å². The Morgan fingerprint density at radius 1 is 1.35 bits per heavy atom. The molecule has 0 saturated heterocycles. The molecule has 0 radical (unpaired) electrons. The SMILES string of the molecule is CCc1ccsc1C(Cc1cc(Cl)ccc1OC)NN. The van der Waals surface area contributed by atoms with Gasteiger partial charge in [0.15, 0.2) is 0 Å². The summed E-state index contributed by atoms with van der Waals surface area (Å²) < 4.78 is 5.40. The number of hydrogen-bond donors (Lipinski definition) is 2. The fourth-order valence-electron chi connectivity index (χ4n) is 2.30. The van der Waals surface area contributed by atoms with Gasteiger partial charge in [-0.3, -0.25) is 11.3 Å². The molecule has 0 saturated carbocycles. The van der Waals surface area contributed by atoms with Crippen LogP contribution in [0.3, 0.4) is 0 Å². The molecule has 3 N–H and O–H groups in total. The van der Waals surface area contributed by atoms with E-state index in [1.165, 1.54) is 10.4 Å². The van der Waals surface area contributed by atoms with E-state index in [9.17, 15) is 0 Å². The largest absolute Gasteiger partial charge is 0.496 e. The van der Waals surface area contributed by atoms with E-state index in [0.29, 0.717) is 5.02 Å². The number of rotatable bonds is 6. The summed E-state index contributed by atoms with van der Waals surface area (Å²) in [5.41, 5.74) is 5.30. The third kappa shape index (κ3) is 3.33. The Hall–Kier alpha value is -1.07. The molecule has 20 heavy (non-hydrogen) atoms. The van der Waals surface area contributed by atoms with Crippen molar-refractivity contribution in [2.75, 3.05) is 7.11 Å². The van der Waals surface area contributed by atoms with Crippen molar-refractivity contribution in [2.24, 2.45) is 5.84 Å². The topological polar surface area (TPSA) is 47.3 Å². The van der Waals surface area contributed by atoms with Crippen LogP contribution in [-0.2, 0) is 12.8 Å². The molecule has 0 aliphatic rings. The highest BCUT2D eigenvalue weighted by Gasteiger charge is 2.17. The van der Waals surface area contributed by atoms with Crippen LogP contribution in [0.15, 0.2) is 29.6 Å². The zero-order valence-electron chi connectivity index (χ0n) is 11.7. The van der Waals surface area contributed by atoms with E-state index in [2.05, 4.69) is 23.8 Å². The summed E-state index contributed by atoms with van der Waals surface area (Å²) in [6.07, 6.45) is 1.75. The lowest BCUT2D eigenvalue weighted by atomic mass is 10.0. The minimum Gasteiger partial charge on any atom is -0.496 e. The van der Waals surface area contributed by atoms with E-state index in [-0.39, 0.29) is 6.04 Å². The van der Waals surface area contributed by atoms with Gasteiger partial charge in [0.25, 0.3) is 0 Å². The summed E-state index contributed by atoms with van der Waals surface area (Å²) in [4.78, 5) is 1.28. The molecule has 3 nitrogen and oxygen atoms in total. The van der Waals surface area contributed by atoms with Gasteiger partial charge in [0.2, 0.25) is 0 Å².